The van der Waals surface area contributed by atoms with Crippen molar-refractivity contribution in [2.75, 3.05) is 0 Å². The molecule has 0 saturated heterocycles. The molecule has 0 heterocycles. The average Bonchev–Trinajstić information content (AvgIpc) is 3.43. The van der Waals surface area contributed by atoms with Gasteiger partial charge in [0.15, 0.2) is 0 Å². The number of benzene rings is 4. The van der Waals surface area contributed by atoms with Crippen LogP contribution in [0.5, 0.6) is 0 Å². The van der Waals surface area contributed by atoms with Crippen molar-refractivity contribution < 1.29 is 0 Å². The van der Waals surface area contributed by atoms with Crippen LogP contribution in [-0.4, -0.2) is 0 Å². The molecule has 0 nitrogen and oxygen atoms in total. The van der Waals surface area contributed by atoms with Crippen molar-refractivity contribution in [1.29, 1.82) is 0 Å². The van der Waals surface area contributed by atoms with Gasteiger partial charge in [0.1, 0.15) is 0 Å². The molecule has 0 fully saturated rings. The van der Waals surface area contributed by atoms with E-state index in [9.17, 15) is 0 Å². The fourth-order valence-corrected chi connectivity index (χ4v) is 6.90. The second-order valence-corrected chi connectivity index (χ2v) is 11.5. The molecule has 0 heteroatoms. The summed E-state index contributed by atoms with van der Waals surface area (Å²) in [6.45, 7) is 4.74. The first kappa shape index (κ1) is 24.2. The molecule has 0 bridgehead atoms. The molecule has 1 unspecified atom stereocenters. The molecule has 6 rings (SSSR count). The number of hydrogen-bond acceptors (Lipinski definition) is 0. The number of unbranched alkanes of at least 4 members (excludes halogenated alkanes) is 7. The Morgan fingerprint density at radius 1 is 0.568 bits per heavy atom. The summed E-state index contributed by atoms with van der Waals surface area (Å²) in [5, 5.41) is 0. The third kappa shape index (κ3) is 4.35. The molecule has 37 heavy (non-hydrogen) atoms. The standard InChI is InChI=1S/C37H40/c1-3-4-5-6-7-8-9-10-15-27-20-22-30(23-21-27)37(2)35-19-14-13-18-32(35)34-25-29-24-28-16-11-12-17-31(28)33(29)26-36(34)37/h11-14,16-23,25-26H,3-10,15,24H2,1-2H3. The van der Waals surface area contributed by atoms with E-state index in [4.69, 9.17) is 0 Å². The van der Waals surface area contributed by atoms with E-state index in [1.807, 2.05) is 0 Å². The Bertz CT molecular complexity index is 1390. The molecular formula is C37H40. The van der Waals surface area contributed by atoms with Gasteiger partial charge < -0.3 is 0 Å². The molecule has 0 spiro atoms. The zero-order valence-electron chi connectivity index (χ0n) is 22.7. The molecule has 2 aliphatic carbocycles. The molecule has 0 radical (unpaired) electrons. The van der Waals surface area contributed by atoms with Gasteiger partial charge in [-0.05, 0) is 94.0 Å². The second kappa shape index (κ2) is 10.3. The molecular weight excluding hydrogens is 444 g/mol. The summed E-state index contributed by atoms with van der Waals surface area (Å²) in [4.78, 5) is 0. The van der Waals surface area contributed by atoms with Gasteiger partial charge in [0.05, 0.1) is 0 Å². The quantitative estimate of drug-likeness (QED) is 0.173. The summed E-state index contributed by atoms with van der Waals surface area (Å²) in [5.41, 5.74) is 14.3. The lowest BCUT2D eigenvalue weighted by Gasteiger charge is -2.29. The second-order valence-electron chi connectivity index (χ2n) is 11.5. The topological polar surface area (TPSA) is 0 Å². The van der Waals surface area contributed by atoms with Crippen LogP contribution in [0, 0.1) is 0 Å². The Kier molecular flexibility index (Phi) is 6.76. The third-order valence-electron chi connectivity index (χ3n) is 9.08. The van der Waals surface area contributed by atoms with Crippen LogP contribution in [0.25, 0.3) is 22.3 Å². The highest BCUT2D eigenvalue weighted by Gasteiger charge is 2.41. The Hall–Kier alpha value is -3.12. The highest BCUT2D eigenvalue weighted by molar-refractivity contribution is 5.89. The highest BCUT2D eigenvalue weighted by Crippen LogP contribution is 2.54. The van der Waals surface area contributed by atoms with E-state index < -0.39 is 0 Å². The van der Waals surface area contributed by atoms with E-state index in [0.717, 1.165) is 6.42 Å². The van der Waals surface area contributed by atoms with Crippen molar-refractivity contribution in [3.63, 3.8) is 0 Å². The Labute approximate surface area is 223 Å². The predicted octanol–water partition coefficient (Wildman–Crippen LogP) is 10.3. The maximum absolute atomic E-state index is 2.52. The van der Waals surface area contributed by atoms with E-state index in [-0.39, 0.29) is 5.41 Å². The van der Waals surface area contributed by atoms with Crippen molar-refractivity contribution in [2.24, 2.45) is 0 Å². The predicted molar refractivity (Wildman–Crippen MR) is 158 cm³/mol. The van der Waals surface area contributed by atoms with E-state index in [1.54, 1.807) is 0 Å². The monoisotopic (exact) mass is 484 g/mol. The molecule has 0 N–H and O–H groups in total. The van der Waals surface area contributed by atoms with Gasteiger partial charge in [-0.1, -0.05) is 125 Å². The molecule has 4 aromatic rings. The van der Waals surface area contributed by atoms with Gasteiger partial charge in [0, 0.05) is 5.41 Å². The van der Waals surface area contributed by atoms with Gasteiger partial charge in [-0.25, -0.2) is 0 Å². The first-order valence-electron chi connectivity index (χ1n) is 14.6. The number of hydrogen-bond donors (Lipinski definition) is 0. The van der Waals surface area contributed by atoms with Crippen LogP contribution >= 0.6 is 0 Å². The normalized spacial score (nSPS) is 16.8. The summed E-state index contributed by atoms with van der Waals surface area (Å²) in [6.07, 6.45) is 13.3. The maximum atomic E-state index is 2.52. The minimum atomic E-state index is -0.129. The smallest absolute Gasteiger partial charge is 0.0435 e. The molecule has 0 amide bonds. The average molecular weight is 485 g/mol. The number of aryl methyl sites for hydroxylation is 1. The Morgan fingerprint density at radius 2 is 1.24 bits per heavy atom. The lowest BCUT2D eigenvalue weighted by Crippen LogP contribution is -2.22. The van der Waals surface area contributed by atoms with Crippen molar-refractivity contribution in [2.45, 2.75) is 83.5 Å². The lowest BCUT2D eigenvalue weighted by molar-refractivity contribution is 0.575. The van der Waals surface area contributed by atoms with E-state index in [2.05, 4.69) is 98.8 Å². The zero-order chi connectivity index (χ0) is 25.2. The molecule has 4 aromatic carbocycles. The first-order chi connectivity index (χ1) is 18.2. The molecule has 1 atom stereocenters. The largest absolute Gasteiger partial charge is 0.0654 e. The minimum Gasteiger partial charge on any atom is -0.0654 e. The molecule has 2 aliphatic rings. The summed E-state index contributed by atoms with van der Waals surface area (Å²) < 4.78 is 0. The van der Waals surface area contributed by atoms with Crippen LogP contribution in [0.4, 0.5) is 0 Å². The van der Waals surface area contributed by atoms with E-state index in [0.29, 0.717) is 0 Å². The maximum Gasteiger partial charge on any atom is 0.0435 e. The summed E-state index contributed by atoms with van der Waals surface area (Å²) in [7, 11) is 0. The van der Waals surface area contributed by atoms with Gasteiger partial charge in [-0.3, -0.25) is 0 Å². The zero-order valence-corrected chi connectivity index (χ0v) is 22.7. The van der Waals surface area contributed by atoms with Crippen LogP contribution in [-0.2, 0) is 18.3 Å². The SMILES string of the molecule is CCCCCCCCCCc1ccc(C2(C)c3ccccc3-c3cc4c(cc32)-c2ccccc2C4)cc1. The summed E-state index contributed by atoms with van der Waals surface area (Å²) >= 11 is 0. The van der Waals surface area contributed by atoms with Crippen LogP contribution < -0.4 is 0 Å². The third-order valence-corrected chi connectivity index (χ3v) is 9.08. The fourth-order valence-electron chi connectivity index (χ4n) is 6.90. The van der Waals surface area contributed by atoms with E-state index >= 15 is 0 Å². The molecule has 0 aromatic heterocycles. The Balaban J connectivity index is 1.25. The molecule has 188 valence electrons. The Morgan fingerprint density at radius 3 is 2.03 bits per heavy atom. The lowest BCUT2D eigenvalue weighted by atomic mass is 9.73. The summed E-state index contributed by atoms with van der Waals surface area (Å²) in [6, 6.07) is 32.6. The van der Waals surface area contributed by atoms with Crippen LogP contribution in [0.1, 0.15) is 98.6 Å². The number of fused-ring (bicyclic) bond motifs is 6. The summed E-state index contributed by atoms with van der Waals surface area (Å²) in [5.74, 6) is 0. The van der Waals surface area contributed by atoms with Gasteiger partial charge in [0.25, 0.3) is 0 Å². The van der Waals surface area contributed by atoms with E-state index in [1.165, 1.54) is 113 Å². The van der Waals surface area contributed by atoms with Crippen LogP contribution in [0.2, 0.25) is 0 Å². The molecule has 0 saturated carbocycles. The van der Waals surface area contributed by atoms with Crippen molar-refractivity contribution >= 4 is 0 Å². The molecule has 0 aliphatic heterocycles. The van der Waals surface area contributed by atoms with Crippen molar-refractivity contribution in [3.8, 4) is 22.3 Å². The van der Waals surface area contributed by atoms with Gasteiger partial charge in [-0.2, -0.15) is 0 Å². The van der Waals surface area contributed by atoms with Crippen molar-refractivity contribution in [1.82, 2.24) is 0 Å². The number of rotatable bonds is 10. The first-order valence-corrected chi connectivity index (χ1v) is 14.6. The highest BCUT2D eigenvalue weighted by atomic mass is 14.4. The van der Waals surface area contributed by atoms with Gasteiger partial charge >= 0.3 is 0 Å². The minimum absolute atomic E-state index is 0.129. The van der Waals surface area contributed by atoms with Crippen LogP contribution in [0.15, 0.2) is 84.9 Å². The van der Waals surface area contributed by atoms with Crippen LogP contribution in [0.3, 0.4) is 0 Å². The van der Waals surface area contributed by atoms with Crippen molar-refractivity contribution in [3.05, 3.63) is 118 Å². The fraction of sp³-hybridized carbons (Fsp3) is 0.351. The van der Waals surface area contributed by atoms with Gasteiger partial charge in [0.2, 0.25) is 0 Å². The van der Waals surface area contributed by atoms with Gasteiger partial charge in [-0.15, -0.1) is 0 Å².